The molecule has 0 atom stereocenters. The summed E-state index contributed by atoms with van der Waals surface area (Å²) in [6, 6.07) is 4.64. The molecule has 2 rings (SSSR count). The lowest BCUT2D eigenvalue weighted by Gasteiger charge is -2.27. The third kappa shape index (κ3) is 4.18. The maximum Gasteiger partial charge on any atom is 0.324 e. The maximum absolute atomic E-state index is 12.7. The molecular weight excluding hydrogens is 273 g/mol. The highest BCUT2D eigenvalue weighted by atomic mass is 35.5. The number of rotatable bonds is 1. The third-order valence-corrected chi connectivity index (χ3v) is 2.73. The van der Waals surface area contributed by atoms with Crippen LogP contribution in [0.4, 0.5) is 9.18 Å². The molecule has 1 saturated heterocycles. The first-order chi connectivity index (χ1) is 8.66. The van der Waals surface area contributed by atoms with Crippen molar-refractivity contribution in [2.75, 3.05) is 26.2 Å². The number of carbonyl (C=O) groups excluding carboxylic acids is 2. The van der Waals surface area contributed by atoms with E-state index < -0.39 is 17.8 Å². The highest BCUT2D eigenvalue weighted by molar-refractivity contribution is 6.04. The summed E-state index contributed by atoms with van der Waals surface area (Å²) in [6.07, 6.45) is 0. The summed E-state index contributed by atoms with van der Waals surface area (Å²) in [5, 5.41) is 5.40. The van der Waals surface area contributed by atoms with Gasteiger partial charge in [-0.15, -0.1) is 12.4 Å². The maximum atomic E-state index is 12.7. The number of hydrogen-bond donors (Lipinski definition) is 2. The first-order valence-corrected chi connectivity index (χ1v) is 5.73. The van der Waals surface area contributed by atoms with Crippen molar-refractivity contribution in [3.8, 4) is 0 Å². The van der Waals surface area contributed by atoms with Gasteiger partial charge in [0.25, 0.3) is 5.91 Å². The van der Waals surface area contributed by atoms with Gasteiger partial charge >= 0.3 is 6.03 Å². The highest BCUT2D eigenvalue weighted by Gasteiger charge is 2.18. The van der Waals surface area contributed by atoms with Crippen molar-refractivity contribution < 1.29 is 14.0 Å². The van der Waals surface area contributed by atoms with Crippen LogP contribution in [0, 0.1) is 5.82 Å². The average molecular weight is 288 g/mol. The molecule has 1 aliphatic heterocycles. The molecule has 3 amide bonds. The van der Waals surface area contributed by atoms with Crippen molar-refractivity contribution in [3.63, 3.8) is 0 Å². The van der Waals surface area contributed by atoms with E-state index in [0.717, 1.165) is 13.1 Å². The van der Waals surface area contributed by atoms with Gasteiger partial charge in [-0.05, 0) is 24.3 Å². The minimum absolute atomic E-state index is 0. The predicted molar refractivity (Wildman–Crippen MR) is 71.0 cm³/mol. The summed E-state index contributed by atoms with van der Waals surface area (Å²) in [4.78, 5) is 25.0. The standard InChI is InChI=1S/C12H14FN3O2.ClH/c13-10-3-1-9(2-4-10)11(17)15-12(18)16-7-5-14-6-8-16;/h1-4,14H,5-8H2,(H,15,17,18);1H. The zero-order valence-corrected chi connectivity index (χ0v) is 11.0. The van der Waals surface area contributed by atoms with Crippen LogP contribution in [0.5, 0.6) is 0 Å². The smallest absolute Gasteiger partial charge is 0.322 e. The summed E-state index contributed by atoms with van der Waals surface area (Å²) in [5.74, 6) is -0.932. The molecule has 0 aliphatic carbocycles. The SMILES string of the molecule is Cl.O=C(NC(=O)N1CCNCC1)c1ccc(F)cc1. The lowest BCUT2D eigenvalue weighted by molar-refractivity contribution is 0.0950. The summed E-state index contributed by atoms with van der Waals surface area (Å²) < 4.78 is 12.7. The van der Waals surface area contributed by atoms with Crippen LogP contribution >= 0.6 is 12.4 Å². The summed E-state index contributed by atoms with van der Waals surface area (Å²) in [6.45, 7) is 2.58. The van der Waals surface area contributed by atoms with Crippen LogP contribution in [0.3, 0.4) is 0 Å². The minimum atomic E-state index is -0.515. The van der Waals surface area contributed by atoms with Gasteiger partial charge in [0.15, 0.2) is 0 Å². The molecule has 5 nitrogen and oxygen atoms in total. The van der Waals surface area contributed by atoms with Gasteiger partial charge in [0, 0.05) is 31.7 Å². The fourth-order valence-electron chi connectivity index (χ4n) is 1.72. The number of nitrogens with one attached hydrogen (secondary N) is 2. The Kier molecular flexibility index (Phi) is 5.72. The van der Waals surface area contributed by atoms with E-state index >= 15 is 0 Å². The van der Waals surface area contributed by atoms with Crippen LogP contribution in [0.1, 0.15) is 10.4 Å². The molecule has 1 aliphatic rings. The normalized spacial score (nSPS) is 14.5. The Morgan fingerprint density at radius 1 is 1.16 bits per heavy atom. The number of nitrogens with zero attached hydrogens (tertiary/aromatic N) is 1. The lowest BCUT2D eigenvalue weighted by atomic mass is 10.2. The fraction of sp³-hybridized carbons (Fsp3) is 0.333. The molecule has 0 radical (unpaired) electrons. The number of carbonyl (C=O) groups is 2. The van der Waals surface area contributed by atoms with Gasteiger partial charge in [-0.25, -0.2) is 9.18 Å². The molecule has 0 spiro atoms. The molecule has 104 valence electrons. The number of imide groups is 1. The van der Waals surface area contributed by atoms with Crippen LogP contribution in [0.25, 0.3) is 0 Å². The third-order valence-electron chi connectivity index (χ3n) is 2.73. The first kappa shape index (κ1) is 15.4. The van der Waals surface area contributed by atoms with Crippen LogP contribution in [-0.4, -0.2) is 43.0 Å². The lowest BCUT2D eigenvalue weighted by Crippen LogP contribution is -2.51. The largest absolute Gasteiger partial charge is 0.324 e. The van der Waals surface area contributed by atoms with E-state index in [2.05, 4.69) is 10.6 Å². The van der Waals surface area contributed by atoms with E-state index in [0.29, 0.717) is 13.1 Å². The Hall–Kier alpha value is -1.66. The van der Waals surface area contributed by atoms with E-state index in [9.17, 15) is 14.0 Å². The predicted octanol–water partition coefficient (Wildman–Crippen LogP) is 1.00. The fourth-order valence-corrected chi connectivity index (χ4v) is 1.72. The van der Waals surface area contributed by atoms with E-state index in [4.69, 9.17) is 0 Å². The summed E-state index contributed by atoms with van der Waals surface area (Å²) in [5.41, 5.74) is 0.264. The van der Waals surface area contributed by atoms with Crippen molar-refractivity contribution in [1.29, 1.82) is 0 Å². The number of amides is 3. The van der Waals surface area contributed by atoms with Gasteiger partial charge in [-0.1, -0.05) is 0 Å². The Morgan fingerprint density at radius 2 is 1.74 bits per heavy atom. The Morgan fingerprint density at radius 3 is 2.32 bits per heavy atom. The van der Waals surface area contributed by atoms with Crippen LogP contribution in [-0.2, 0) is 0 Å². The van der Waals surface area contributed by atoms with Gasteiger partial charge < -0.3 is 10.2 Å². The molecule has 0 bridgehead atoms. The molecule has 1 aromatic rings. The highest BCUT2D eigenvalue weighted by Crippen LogP contribution is 2.03. The van der Waals surface area contributed by atoms with Crippen molar-refractivity contribution in [3.05, 3.63) is 35.6 Å². The molecule has 7 heteroatoms. The second-order valence-corrected chi connectivity index (χ2v) is 4.00. The zero-order valence-electron chi connectivity index (χ0n) is 10.2. The van der Waals surface area contributed by atoms with Gasteiger partial charge in [0.2, 0.25) is 0 Å². The monoisotopic (exact) mass is 287 g/mol. The molecule has 0 saturated carbocycles. The first-order valence-electron chi connectivity index (χ1n) is 5.73. The molecule has 0 unspecified atom stereocenters. The number of halogens is 2. The second-order valence-electron chi connectivity index (χ2n) is 4.00. The Bertz CT molecular complexity index is 447. The van der Waals surface area contributed by atoms with Gasteiger partial charge in [0.1, 0.15) is 5.82 Å². The Labute approximate surface area is 116 Å². The molecule has 1 aromatic carbocycles. The van der Waals surface area contributed by atoms with E-state index in [1.807, 2.05) is 0 Å². The van der Waals surface area contributed by atoms with E-state index in [1.165, 1.54) is 24.3 Å². The van der Waals surface area contributed by atoms with Crippen molar-refractivity contribution in [2.45, 2.75) is 0 Å². The van der Waals surface area contributed by atoms with E-state index in [-0.39, 0.29) is 18.0 Å². The quantitative estimate of drug-likeness (QED) is 0.810. The summed E-state index contributed by atoms with van der Waals surface area (Å²) >= 11 is 0. The van der Waals surface area contributed by atoms with Crippen LogP contribution in [0.15, 0.2) is 24.3 Å². The van der Waals surface area contributed by atoms with Gasteiger partial charge in [-0.2, -0.15) is 0 Å². The number of piperazine rings is 1. The minimum Gasteiger partial charge on any atom is -0.322 e. The van der Waals surface area contributed by atoms with E-state index in [1.54, 1.807) is 4.90 Å². The number of urea groups is 1. The summed E-state index contributed by atoms with van der Waals surface area (Å²) in [7, 11) is 0. The van der Waals surface area contributed by atoms with Crippen molar-refractivity contribution >= 4 is 24.3 Å². The van der Waals surface area contributed by atoms with Crippen molar-refractivity contribution in [1.82, 2.24) is 15.5 Å². The Balaban J connectivity index is 0.00000180. The molecule has 0 aromatic heterocycles. The van der Waals surface area contributed by atoms with Gasteiger partial charge in [0.05, 0.1) is 0 Å². The topological polar surface area (TPSA) is 61.4 Å². The number of benzene rings is 1. The second kappa shape index (κ2) is 7.06. The molecular formula is C12H15ClFN3O2. The van der Waals surface area contributed by atoms with Crippen molar-refractivity contribution in [2.24, 2.45) is 0 Å². The average Bonchev–Trinajstić information content (AvgIpc) is 2.40. The molecule has 2 N–H and O–H groups in total. The number of hydrogen-bond acceptors (Lipinski definition) is 3. The molecule has 1 fully saturated rings. The van der Waals surface area contributed by atoms with Crippen LogP contribution in [0.2, 0.25) is 0 Å². The van der Waals surface area contributed by atoms with Gasteiger partial charge in [-0.3, -0.25) is 10.1 Å². The van der Waals surface area contributed by atoms with Crippen LogP contribution < -0.4 is 10.6 Å². The molecule has 19 heavy (non-hydrogen) atoms. The zero-order chi connectivity index (χ0) is 13.0. The molecule has 1 heterocycles.